The highest BCUT2D eigenvalue weighted by Crippen LogP contribution is 2.29. The standard InChI is InChI=1S/C17H21NO2/c1-18-11-10-14-8-9-16(19-2)17(12-14)20-13-15-6-4-3-5-7-15/h3-9,12,18H,10-11,13H2,1-2H3. The minimum Gasteiger partial charge on any atom is -0.493 e. The molecule has 0 saturated carbocycles. The molecule has 0 unspecified atom stereocenters. The van der Waals surface area contributed by atoms with Gasteiger partial charge in [-0.3, -0.25) is 0 Å². The molecule has 0 saturated heterocycles. The van der Waals surface area contributed by atoms with E-state index >= 15 is 0 Å². The van der Waals surface area contributed by atoms with Crippen LogP contribution in [0.2, 0.25) is 0 Å². The molecule has 106 valence electrons. The van der Waals surface area contributed by atoms with Gasteiger partial charge in [-0.25, -0.2) is 0 Å². The zero-order chi connectivity index (χ0) is 14.2. The Morgan fingerprint density at radius 2 is 1.75 bits per heavy atom. The lowest BCUT2D eigenvalue weighted by atomic mass is 10.1. The summed E-state index contributed by atoms with van der Waals surface area (Å²) in [6.45, 7) is 1.50. The summed E-state index contributed by atoms with van der Waals surface area (Å²) < 4.78 is 11.2. The number of nitrogens with one attached hydrogen (secondary N) is 1. The van der Waals surface area contributed by atoms with E-state index in [0.29, 0.717) is 6.61 Å². The highest BCUT2D eigenvalue weighted by Gasteiger charge is 2.06. The van der Waals surface area contributed by atoms with Gasteiger partial charge < -0.3 is 14.8 Å². The fourth-order valence-corrected chi connectivity index (χ4v) is 1.99. The number of methoxy groups -OCH3 is 1. The van der Waals surface area contributed by atoms with E-state index in [1.165, 1.54) is 5.56 Å². The molecule has 0 bridgehead atoms. The Morgan fingerprint density at radius 1 is 0.950 bits per heavy atom. The van der Waals surface area contributed by atoms with Crippen molar-refractivity contribution >= 4 is 0 Å². The van der Waals surface area contributed by atoms with Gasteiger partial charge in [-0.15, -0.1) is 0 Å². The van der Waals surface area contributed by atoms with Crippen LogP contribution >= 0.6 is 0 Å². The lowest BCUT2D eigenvalue weighted by Crippen LogP contribution is -2.10. The van der Waals surface area contributed by atoms with Crippen molar-refractivity contribution in [3.8, 4) is 11.5 Å². The lowest BCUT2D eigenvalue weighted by Gasteiger charge is -2.12. The van der Waals surface area contributed by atoms with E-state index in [9.17, 15) is 0 Å². The Balaban J connectivity index is 2.07. The normalized spacial score (nSPS) is 10.3. The van der Waals surface area contributed by atoms with Gasteiger partial charge in [-0.05, 0) is 43.3 Å². The van der Waals surface area contributed by atoms with Crippen molar-refractivity contribution in [1.82, 2.24) is 5.32 Å². The van der Waals surface area contributed by atoms with Gasteiger partial charge in [0, 0.05) is 0 Å². The molecule has 0 amide bonds. The summed E-state index contributed by atoms with van der Waals surface area (Å²) in [6.07, 6.45) is 0.974. The Labute approximate surface area is 120 Å². The highest BCUT2D eigenvalue weighted by atomic mass is 16.5. The molecule has 0 aliphatic heterocycles. The van der Waals surface area contributed by atoms with Gasteiger partial charge >= 0.3 is 0 Å². The van der Waals surface area contributed by atoms with Gasteiger partial charge in [-0.2, -0.15) is 0 Å². The summed E-state index contributed by atoms with van der Waals surface area (Å²) in [5.41, 5.74) is 2.39. The zero-order valence-electron chi connectivity index (χ0n) is 12.1. The Morgan fingerprint density at radius 3 is 2.45 bits per heavy atom. The van der Waals surface area contributed by atoms with E-state index < -0.39 is 0 Å². The van der Waals surface area contributed by atoms with Crippen LogP contribution in [0.5, 0.6) is 11.5 Å². The fourth-order valence-electron chi connectivity index (χ4n) is 1.99. The molecule has 0 radical (unpaired) electrons. The fraction of sp³-hybridized carbons (Fsp3) is 0.294. The second-order valence-corrected chi connectivity index (χ2v) is 4.61. The molecule has 2 aromatic carbocycles. The number of hydrogen-bond donors (Lipinski definition) is 1. The first-order valence-corrected chi connectivity index (χ1v) is 6.81. The van der Waals surface area contributed by atoms with Crippen molar-refractivity contribution in [2.75, 3.05) is 20.7 Å². The molecule has 1 N–H and O–H groups in total. The predicted octanol–water partition coefficient (Wildman–Crippen LogP) is 3.04. The molecular formula is C17H21NO2. The van der Waals surface area contributed by atoms with E-state index in [1.54, 1.807) is 7.11 Å². The highest BCUT2D eigenvalue weighted by molar-refractivity contribution is 5.43. The lowest BCUT2D eigenvalue weighted by molar-refractivity contribution is 0.284. The van der Waals surface area contributed by atoms with Gasteiger partial charge in [0.2, 0.25) is 0 Å². The molecule has 0 aromatic heterocycles. The number of likely N-dealkylation sites (N-methyl/N-ethyl adjacent to an activating group) is 1. The molecule has 0 fully saturated rings. The van der Waals surface area contributed by atoms with Crippen LogP contribution in [0, 0.1) is 0 Å². The first-order valence-electron chi connectivity index (χ1n) is 6.81. The minimum atomic E-state index is 0.548. The SMILES string of the molecule is CNCCc1ccc(OC)c(OCc2ccccc2)c1. The summed E-state index contributed by atoms with van der Waals surface area (Å²) in [7, 11) is 3.62. The second-order valence-electron chi connectivity index (χ2n) is 4.61. The molecule has 0 aliphatic rings. The maximum Gasteiger partial charge on any atom is 0.161 e. The average molecular weight is 271 g/mol. The van der Waals surface area contributed by atoms with E-state index in [2.05, 4.69) is 29.6 Å². The third-order valence-electron chi connectivity index (χ3n) is 3.13. The van der Waals surface area contributed by atoms with Crippen molar-refractivity contribution in [1.29, 1.82) is 0 Å². The summed E-state index contributed by atoms with van der Waals surface area (Å²) in [4.78, 5) is 0. The number of hydrogen-bond acceptors (Lipinski definition) is 3. The van der Waals surface area contributed by atoms with Crippen LogP contribution in [-0.4, -0.2) is 20.7 Å². The van der Waals surface area contributed by atoms with Crippen molar-refractivity contribution in [3.05, 3.63) is 59.7 Å². The van der Waals surface area contributed by atoms with Crippen molar-refractivity contribution in [2.24, 2.45) is 0 Å². The molecule has 2 aromatic rings. The quantitative estimate of drug-likeness (QED) is 0.839. The van der Waals surface area contributed by atoms with Crippen molar-refractivity contribution in [3.63, 3.8) is 0 Å². The van der Waals surface area contributed by atoms with E-state index in [-0.39, 0.29) is 0 Å². The third-order valence-corrected chi connectivity index (χ3v) is 3.13. The Hall–Kier alpha value is -2.00. The maximum atomic E-state index is 5.89. The summed E-state index contributed by atoms with van der Waals surface area (Å²) >= 11 is 0. The number of ether oxygens (including phenoxy) is 2. The van der Waals surface area contributed by atoms with Gasteiger partial charge in [0.05, 0.1) is 7.11 Å². The molecule has 20 heavy (non-hydrogen) atoms. The Kier molecular flexibility index (Phi) is 5.44. The first kappa shape index (κ1) is 14.4. The van der Waals surface area contributed by atoms with Crippen LogP contribution in [0.3, 0.4) is 0 Å². The van der Waals surface area contributed by atoms with E-state index in [1.807, 2.05) is 31.3 Å². The average Bonchev–Trinajstić information content (AvgIpc) is 2.52. The summed E-state index contributed by atoms with van der Waals surface area (Å²) in [6, 6.07) is 16.2. The van der Waals surface area contributed by atoms with Crippen molar-refractivity contribution in [2.45, 2.75) is 13.0 Å². The topological polar surface area (TPSA) is 30.5 Å². The van der Waals surface area contributed by atoms with Crippen LogP contribution in [0.25, 0.3) is 0 Å². The third kappa shape index (κ3) is 4.00. The van der Waals surface area contributed by atoms with Gasteiger partial charge in [0.1, 0.15) is 6.61 Å². The van der Waals surface area contributed by atoms with E-state index in [0.717, 1.165) is 30.0 Å². The van der Waals surface area contributed by atoms with Crippen LogP contribution in [0.15, 0.2) is 48.5 Å². The summed E-state index contributed by atoms with van der Waals surface area (Å²) in [5.74, 6) is 1.57. The van der Waals surface area contributed by atoms with Crippen LogP contribution in [-0.2, 0) is 13.0 Å². The largest absolute Gasteiger partial charge is 0.493 e. The van der Waals surface area contributed by atoms with Gasteiger partial charge in [0.25, 0.3) is 0 Å². The zero-order valence-corrected chi connectivity index (χ0v) is 12.1. The van der Waals surface area contributed by atoms with Crippen LogP contribution < -0.4 is 14.8 Å². The van der Waals surface area contributed by atoms with Gasteiger partial charge in [-0.1, -0.05) is 36.4 Å². The molecule has 3 heteroatoms. The molecule has 0 atom stereocenters. The van der Waals surface area contributed by atoms with E-state index in [4.69, 9.17) is 9.47 Å². The second kappa shape index (κ2) is 7.56. The predicted molar refractivity (Wildman–Crippen MR) is 81.4 cm³/mol. The number of rotatable bonds is 7. The Bertz CT molecular complexity index is 526. The number of benzene rings is 2. The van der Waals surface area contributed by atoms with Crippen molar-refractivity contribution < 1.29 is 9.47 Å². The molecular weight excluding hydrogens is 250 g/mol. The summed E-state index contributed by atoms with van der Waals surface area (Å²) in [5, 5.41) is 3.15. The van der Waals surface area contributed by atoms with Crippen LogP contribution in [0.4, 0.5) is 0 Å². The molecule has 3 nitrogen and oxygen atoms in total. The van der Waals surface area contributed by atoms with Gasteiger partial charge in [0.15, 0.2) is 11.5 Å². The molecule has 0 aliphatic carbocycles. The minimum absolute atomic E-state index is 0.548. The smallest absolute Gasteiger partial charge is 0.161 e. The molecule has 2 rings (SSSR count). The molecule has 0 heterocycles. The monoisotopic (exact) mass is 271 g/mol. The maximum absolute atomic E-state index is 5.89. The molecule has 0 spiro atoms. The van der Waals surface area contributed by atoms with Crippen LogP contribution in [0.1, 0.15) is 11.1 Å². The first-order chi connectivity index (χ1) is 9.83.